The summed E-state index contributed by atoms with van der Waals surface area (Å²) in [6.45, 7) is 1.76. The van der Waals surface area contributed by atoms with Gasteiger partial charge in [0, 0.05) is 29.6 Å². The van der Waals surface area contributed by atoms with E-state index in [9.17, 15) is 4.79 Å². The van der Waals surface area contributed by atoms with Crippen LogP contribution < -0.4 is 0 Å². The van der Waals surface area contributed by atoms with Crippen LogP contribution in [0, 0.1) is 5.92 Å². The summed E-state index contributed by atoms with van der Waals surface area (Å²) in [5.41, 5.74) is 0. The molecule has 1 aliphatic rings. The molecule has 0 bridgehead atoms. The Kier molecular flexibility index (Phi) is 6.68. The number of likely N-dealkylation sites (tertiary alicyclic amines) is 1. The van der Waals surface area contributed by atoms with Gasteiger partial charge >= 0.3 is 0 Å². The van der Waals surface area contributed by atoms with Crippen LogP contribution in [0.15, 0.2) is 23.1 Å². The zero-order valence-corrected chi connectivity index (χ0v) is 14.1. The first-order chi connectivity index (χ1) is 10.1. The predicted octanol–water partition coefficient (Wildman–Crippen LogP) is 3.71. The van der Waals surface area contributed by atoms with Crippen molar-refractivity contribution in [3.8, 4) is 0 Å². The fourth-order valence-corrected chi connectivity index (χ4v) is 3.92. The maximum absolute atomic E-state index is 12.3. The van der Waals surface area contributed by atoms with Crippen molar-refractivity contribution in [3.05, 3.63) is 28.2 Å². The summed E-state index contributed by atoms with van der Waals surface area (Å²) in [6.07, 6.45) is 2.88. The van der Waals surface area contributed by atoms with Crippen LogP contribution >= 0.6 is 35.0 Å². The van der Waals surface area contributed by atoms with Crippen molar-refractivity contribution in [2.45, 2.75) is 24.2 Å². The van der Waals surface area contributed by atoms with Crippen molar-refractivity contribution in [2.24, 2.45) is 5.92 Å². The molecule has 1 aromatic carbocycles. The maximum atomic E-state index is 12.3. The van der Waals surface area contributed by atoms with E-state index < -0.39 is 0 Å². The summed E-state index contributed by atoms with van der Waals surface area (Å²) in [4.78, 5) is 15.0. The van der Waals surface area contributed by atoms with Crippen molar-refractivity contribution in [1.82, 2.24) is 4.90 Å². The van der Waals surface area contributed by atoms with Gasteiger partial charge in [0.05, 0.1) is 10.8 Å². The second-order valence-corrected chi connectivity index (χ2v) is 7.08. The summed E-state index contributed by atoms with van der Waals surface area (Å²) >= 11 is 13.5. The second kappa shape index (κ2) is 8.28. The van der Waals surface area contributed by atoms with E-state index in [0.29, 0.717) is 21.7 Å². The molecular weight excluding hydrogens is 329 g/mol. The van der Waals surface area contributed by atoms with Crippen molar-refractivity contribution in [2.75, 3.05) is 25.4 Å². The molecule has 1 saturated heterocycles. The highest BCUT2D eigenvalue weighted by molar-refractivity contribution is 8.00. The monoisotopic (exact) mass is 347 g/mol. The van der Waals surface area contributed by atoms with Crippen molar-refractivity contribution in [3.63, 3.8) is 0 Å². The summed E-state index contributed by atoms with van der Waals surface area (Å²) in [5, 5.41) is 10.3. The third kappa shape index (κ3) is 5.06. The normalized spacial score (nSPS) is 18.8. The summed E-state index contributed by atoms with van der Waals surface area (Å²) < 4.78 is 0. The minimum absolute atomic E-state index is 0.124. The quantitative estimate of drug-likeness (QED) is 0.825. The molecule has 1 atom stereocenters. The van der Waals surface area contributed by atoms with Gasteiger partial charge in [-0.15, -0.1) is 11.8 Å². The van der Waals surface area contributed by atoms with Crippen molar-refractivity contribution in [1.29, 1.82) is 0 Å². The van der Waals surface area contributed by atoms with Gasteiger partial charge in [-0.2, -0.15) is 0 Å². The highest BCUT2D eigenvalue weighted by Crippen LogP contribution is 2.30. The summed E-state index contributed by atoms with van der Waals surface area (Å²) in [6, 6.07) is 5.27. The SMILES string of the molecule is O=C(CSc1cc(Cl)ccc1Cl)N1CCCC(CCO)C1. The molecule has 3 nitrogen and oxygen atoms in total. The molecule has 1 heterocycles. The Labute approximate surface area is 139 Å². The Morgan fingerprint density at radius 2 is 2.24 bits per heavy atom. The van der Waals surface area contributed by atoms with Crippen LogP contribution in [-0.4, -0.2) is 41.4 Å². The fraction of sp³-hybridized carbons (Fsp3) is 0.533. The fourth-order valence-electron chi connectivity index (χ4n) is 2.53. The van der Waals surface area contributed by atoms with Crippen LogP contribution in [0.2, 0.25) is 10.0 Å². The molecule has 1 amide bonds. The summed E-state index contributed by atoms with van der Waals surface area (Å²) in [5.74, 6) is 0.914. The van der Waals surface area contributed by atoms with Gasteiger partial charge in [-0.1, -0.05) is 23.2 Å². The minimum Gasteiger partial charge on any atom is -0.396 e. The third-order valence-electron chi connectivity index (χ3n) is 3.65. The van der Waals surface area contributed by atoms with Gasteiger partial charge in [0.1, 0.15) is 0 Å². The Balaban J connectivity index is 1.88. The number of nitrogens with zero attached hydrogens (tertiary/aromatic N) is 1. The van der Waals surface area contributed by atoms with Gasteiger partial charge in [0.2, 0.25) is 5.91 Å². The second-order valence-electron chi connectivity index (χ2n) is 5.22. The number of amides is 1. The topological polar surface area (TPSA) is 40.5 Å². The van der Waals surface area contributed by atoms with Gasteiger partial charge in [-0.3, -0.25) is 4.79 Å². The van der Waals surface area contributed by atoms with Crippen LogP contribution in [0.3, 0.4) is 0 Å². The number of hydrogen-bond acceptors (Lipinski definition) is 3. The van der Waals surface area contributed by atoms with Gasteiger partial charge in [-0.25, -0.2) is 0 Å². The van der Waals surface area contributed by atoms with E-state index in [1.807, 2.05) is 4.90 Å². The summed E-state index contributed by atoms with van der Waals surface area (Å²) in [7, 11) is 0. The lowest BCUT2D eigenvalue weighted by Gasteiger charge is -2.32. The van der Waals surface area contributed by atoms with Crippen LogP contribution in [-0.2, 0) is 4.79 Å². The first kappa shape index (κ1) is 16.9. The van der Waals surface area contributed by atoms with Crippen LogP contribution in [0.4, 0.5) is 0 Å². The molecule has 1 fully saturated rings. The van der Waals surface area contributed by atoms with Crippen LogP contribution in [0.25, 0.3) is 0 Å². The molecule has 0 saturated carbocycles. The highest BCUT2D eigenvalue weighted by Gasteiger charge is 2.23. The zero-order chi connectivity index (χ0) is 15.2. The van der Waals surface area contributed by atoms with E-state index in [-0.39, 0.29) is 12.5 Å². The smallest absolute Gasteiger partial charge is 0.232 e. The third-order valence-corrected chi connectivity index (χ3v) is 5.37. The maximum Gasteiger partial charge on any atom is 0.232 e. The molecule has 21 heavy (non-hydrogen) atoms. The van der Waals surface area contributed by atoms with E-state index in [0.717, 1.165) is 37.2 Å². The average Bonchev–Trinajstić information content (AvgIpc) is 2.48. The number of aliphatic hydroxyl groups is 1. The molecule has 0 aliphatic carbocycles. The van der Waals surface area contributed by atoms with E-state index in [1.165, 1.54) is 11.8 Å². The molecule has 0 aromatic heterocycles. The van der Waals surface area contributed by atoms with Crippen molar-refractivity contribution < 1.29 is 9.90 Å². The van der Waals surface area contributed by atoms with Gasteiger partial charge in [-0.05, 0) is 43.4 Å². The molecule has 0 radical (unpaired) electrons. The number of carbonyl (C=O) groups excluding carboxylic acids is 1. The number of thioether (sulfide) groups is 1. The van der Waals surface area contributed by atoms with E-state index in [1.54, 1.807) is 18.2 Å². The van der Waals surface area contributed by atoms with Gasteiger partial charge < -0.3 is 10.0 Å². The number of aliphatic hydroxyl groups excluding tert-OH is 1. The average molecular weight is 348 g/mol. The minimum atomic E-state index is 0.124. The lowest BCUT2D eigenvalue weighted by molar-refractivity contribution is -0.130. The molecule has 1 aliphatic heterocycles. The molecular formula is C15H19Cl2NO2S. The largest absolute Gasteiger partial charge is 0.396 e. The van der Waals surface area contributed by atoms with E-state index >= 15 is 0 Å². The Morgan fingerprint density at radius 3 is 3.00 bits per heavy atom. The van der Waals surface area contributed by atoms with Crippen LogP contribution in [0.1, 0.15) is 19.3 Å². The number of carbonyl (C=O) groups is 1. The van der Waals surface area contributed by atoms with Crippen LogP contribution in [0.5, 0.6) is 0 Å². The van der Waals surface area contributed by atoms with E-state index in [4.69, 9.17) is 28.3 Å². The molecule has 6 heteroatoms. The highest BCUT2D eigenvalue weighted by atomic mass is 35.5. The molecule has 0 spiro atoms. The van der Waals surface area contributed by atoms with Crippen molar-refractivity contribution >= 4 is 40.9 Å². The standard InChI is InChI=1S/C15H19Cl2NO2S/c16-12-3-4-13(17)14(8-12)21-10-15(20)18-6-1-2-11(9-18)5-7-19/h3-4,8,11,19H,1-2,5-7,9-10H2. The lowest BCUT2D eigenvalue weighted by atomic mass is 9.95. The Morgan fingerprint density at radius 1 is 1.43 bits per heavy atom. The molecule has 2 rings (SSSR count). The van der Waals surface area contributed by atoms with Gasteiger partial charge in [0.25, 0.3) is 0 Å². The molecule has 1 N–H and O–H groups in total. The number of benzene rings is 1. The zero-order valence-electron chi connectivity index (χ0n) is 11.7. The number of piperidine rings is 1. The number of hydrogen-bond donors (Lipinski definition) is 1. The number of rotatable bonds is 5. The van der Waals surface area contributed by atoms with Gasteiger partial charge in [0.15, 0.2) is 0 Å². The lowest BCUT2D eigenvalue weighted by Crippen LogP contribution is -2.41. The first-order valence-corrected chi connectivity index (χ1v) is 8.81. The first-order valence-electron chi connectivity index (χ1n) is 7.06. The molecule has 1 aromatic rings. The molecule has 1 unspecified atom stereocenters. The van der Waals surface area contributed by atoms with E-state index in [2.05, 4.69) is 0 Å². The number of halogens is 2. The molecule has 116 valence electrons. The Bertz CT molecular complexity index is 497. The predicted molar refractivity (Wildman–Crippen MR) is 88.2 cm³/mol. The Hall–Kier alpha value is -0.420.